The van der Waals surface area contributed by atoms with E-state index in [2.05, 4.69) is 15.3 Å². The number of rotatable bonds is 2. The van der Waals surface area contributed by atoms with E-state index < -0.39 is 5.41 Å². The van der Waals surface area contributed by atoms with Crippen molar-refractivity contribution in [3.8, 4) is 0 Å². The summed E-state index contributed by atoms with van der Waals surface area (Å²) in [6, 6.07) is 7.21. The molecule has 2 aromatic rings. The van der Waals surface area contributed by atoms with Gasteiger partial charge in [-0.25, -0.2) is 0 Å². The van der Waals surface area contributed by atoms with Crippen molar-refractivity contribution in [1.82, 2.24) is 14.9 Å². The van der Waals surface area contributed by atoms with Crippen LogP contribution in [0.15, 0.2) is 34.2 Å². The van der Waals surface area contributed by atoms with Crippen molar-refractivity contribution in [3.05, 3.63) is 55.7 Å². The highest BCUT2D eigenvalue weighted by Gasteiger charge is 2.21. The van der Waals surface area contributed by atoms with Crippen molar-refractivity contribution in [3.63, 3.8) is 0 Å². The topological polar surface area (TPSA) is 63.0 Å². The SMILES string of the molecule is CC(C)(C)c1n[nH]c(=S)n(/N=C\c2ccccc2Cl)c1=O. The number of hydrogen-bond acceptors (Lipinski definition) is 4. The first-order valence-electron chi connectivity index (χ1n) is 6.32. The first kappa shape index (κ1) is 15.6. The Morgan fingerprint density at radius 1 is 1.38 bits per heavy atom. The molecular formula is C14H15ClN4OS. The van der Waals surface area contributed by atoms with Crippen LogP contribution < -0.4 is 5.56 Å². The van der Waals surface area contributed by atoms with Crippen molar-refractivity contribution in [2.45, 2.75) is 26.2 Å². The third-order valence-corrected chi connectivity index (χ3v) is 3.39. The zero-order valence-electron chi connectivity index (χ0n) is 11.9. The molecule has 0 spiro atoms. The Morgan fingerprint density at radius 2 is 2.05 bits per heavy atom. The quantitative estimate of drug-likeness (QED) is 0.682. The zero-order valence-corrected chi connectivity index (χ0v) is 13.5. The molecule has 7 heteroatoms. The number of nitrogens with one attached hydrogen (secondary N) is 1. The molecule has 0 saturated carbocycles. The molecule has 0 unspecified atom stereocenters. The first-order valence-corrected chi connectivity index (χ1v) is 7.10. The molecule has 110 valence electrons. The van der Waals surface area contributed by atoms with Gasteiger partial charge >= 0.3 is 0 Å². The van der Waals surface area contributed by atoms with E-state index >= 15 is 0 Å². The van der Waals surface area contributed by atoms with E-state index in [9.17, 15) is 4.79 Å². The van der Waals surface area contributed by atoms with Gasteiger partial charge in [0.15, 0.2) is 0 Å². The van der Waals surface area contributed by atoms with Crippen LogP contribution in [0.2, 0.25) is 5.02 Å². The van der Waals surface area contributed by atoms with Gasteiger partial charge in [0, 0.05) is 16.0 Å². The molecule has 1 heterocycles. The number of aromatic nitrogens is 3. The van der Waals surface area contributed by atoms with Gasteiger partial charge in [-0.05, 0) is 18.3 Å². The van der Waals surface area contributed by atoms with Gasteiger partial charge in [-0.2, -0.15) is 14.9 Å². The van der Waals surface area contributed by atoms with Crippen LogP contribution in [-0.4, -0.2) is 21.1 Å². The van der Waals surface area contributed by atoms with Gasteiger partial charge in [0.05, 0.1) is 6.21 Å². The van der Waals surface area contributed by atoms with Gasteiger partial charge in [-0.15, -0.1) is 0 Å². The molecule has 5 nitrogen and oxygen atoms in total. The van der Waals surface area contributed by atoms with Crippen LogP contribution >= 0.6 is 23.8 Å². The third kappa shape index (κ3) is 3.46. The fourth-order valence-corrected chi connectivity index (χ4v) is 2.04. The Hall–Kier alpha value is -1.79. The Morgan fingerprint density at radius 3 is 2.67 bits per heavy atom. The van der Waals surface area contributed by atoms with Gasteiger partial charge in [0.25, 0.3) is 5.56 Å². The van der Waals surface area contributed by atoms with E-state index in [4.69, 9.17) is 23.8 Å². The summed E-state index contributed by atoms with van der Waals surface area (Å²) in [5, 5.41) is 11.3. The largest absolute Gasteiger partial charge is 0.297 e. The second-order valence-electron chi connectivity index (χ2n) is 5.51. The molecule has 2 rings (SSSR count). The van der Waals surface area contributed by atoms with Crippen LogP contribution in [-0.2, 0) is 5.41 Å². The molecule has 21 heavy (non-hydrogen) atoms. The Balaban J connectivity index is 2.53. The van der Waals surface area contributed by atoms with E-state index in [-0.39, 0.29) is 10.3 Å². The molecule has 0 bridgehead atoms. The summed E-state index contributed by atoms with van der Waals surface area (Å²) >= 11 is 11.1. The lowest BCUT2D eigenvalue weighted by atomic mass is 9.93. The van der Waals surface area contributed by atoms with Gasteiger partial charge in [0.2, 0.25) is 4.77 Å². The molecule has 0 amide bonds. The van der Waals surface area contributed by atoms with Crippen LogP contribution in [0.1, 0.15) is 32.0 Å². The Kier molecular flexibility index (Phi) is 4.39. The maximum atomic E-state index is 12.4. The molecule has 0 aliphatic carbocycles. The van der Waals surface area contributed by atoms with Crippen molar-refractivity contribution in [2.75, 3.05) is 0 Å². The van der Waals surface area contributed by atoms with Crippen molar-refractivity contribution in [2.24, 2.45) is 5.10 Å². The summed E-state index contributed by atoms with van der Waals surface area (Å²) < 4.78 is 1.25. The molecule has 0 saturated heterocycles. The summed E-state index contributed by atoms with van der Waals surface area (Å²) in [5.41, 5.74) is 0.328. The normalized spacial score (nSPS) is 12.0. The number of hydrogen-bond donors (Lipinski definition) is 1. The number of H-pyrrole nitrogens is 1. The summed E-state index contributed by atoms with van der Waals surface area (Å²) in [6.07, 6.45) is 1.50. The van der Waals surface area contributed by atoms with Crippen molar-refractivity contribution in [1.29, 1.82) is 0 Å². The van der Waals surface area contributed by atoms with E-state index in [0.717, 1.165) is 4.68 Å². The van der Waals surface area contributed by atoms with Gasteiger partial charge in [-0.3, -0.25) is 9.89 Å². The third-order valence-electron chi connectivity index (χ3n) is 2.78. The van der Waals surface area contributed by atoms with Crippen molar-refractivity contribution < 1.29 is 0 Å². The molecule has 0 atom stereocenters. The lowest BCUT2D eigenvalue weighted by molar-refractivity contribution is 0.529. The zero-order chi connectivity index (χ0) is 15.6. The lowest BCUT2D eigenvalue weighted by Gasteiger charge is -2.16. The lowest BCUT2D eigenvalue weighted by Crippen LogP contribution is -2.32. The molecule has 0 fully saturated rings. The molecule has 1 N–H and O–H groups in total. The smallest absolute Gasteiger partial charge is 0.265 e. The summed E-state index contributed by atoms with van der Waals surface area (Å²) in [6.45, 7) is 5.70. The highest BCUT2D eigenvalue weighted by Crippen LogP contribution is 2.15. The summed E-state index contributed by atoms with van der Waals surface area (Å²) in [7, 11) is 0. The average molecular weight is 323 g/mol. The highest BCUT2D eigenvalue weighted by atomic mass is 35.5. The number of nitrogens with zero attached hydrogens (tertiary/aromatic N) is 3. The molecule has 1 aromatic carbocycles. The molecule has 1 aromatic heterocycles. The second kappa shape index (κ2) is 5.91. The summed E-state index contributed by atoms with van der Waals surface area (Å²) in [4.78, 5) is 12.4. The van der Waals surface area contributed by atoms with Gasteiger partial charge < -0.3 is 0 Å². The number of aromatic amines is 1. The first-order chi connectivity index (χ1) is 9.80. The van der Waals surface area contributed by atoms with Crippen LogP contribution in [0.25, 0.3) is 0 Å². The summed E-state index contributed by atoms with van der Waals surface area (Å²) in [5.74, 6) is 0. The molecular weight excluding hydrogens is 308 g/mol. The highest BCUT2D eigenvalue weighted by molar-refractivity contribution is 7.71. The Labute approximate surface area is 132 Å². The van der Waals surface area contributed by atoms with Gasteiger partial charge in [-0.1, -0.05) is 50.6 Å². The van der Waals surface area contributed by atoms with E-state index in [1.54, 1.807) is 12.1 Å². The van der Waals surface area contributed by atoms with Crippen LogP contribution in [0.4, 0.5) is 0 Å². The van der Waals surface area contributed by atoms with Crippen LogP contribution in [0, 0.1) is 4.77 Å². The van der Waals surface area contributed by atoms with Gasteiger partial charge in [0.1, 0.15) is 5.69 Å². The Bertz CT molecular complexity index is 802. The molecule has 0 radical (unpaired) electrons. The molecule has 0 aliphatic heterocycles. The fourth-order valence-electron chi connectivity index (χ4n) is 1.68. The number of halogens is 1. The second-order valence-corrected chi connectivity index (χ2v) is 6.30. The minimum Gasteiger partial charge on any atom is -0.265 e. The van der Waals surface area contributed by atoms with Crippen molar-refractivity contribution >= 4 is 30.0 Å². The number of benzene rings is 1. The predicted octanol–water partition coefficient (Wildman–Crippen LogP) is 3.13. The monoisotopic (exact) mass is 322 g/mol. The standard InChI is InChI=1S/C14H15ClN4OS/c1-14(2,3)11-12(20)19(13(21)18-17-11)16-8-9-6-4-5-7-10(9)15/h4-8H,1-3H3,(H,18,21)/b16-8-. The average Bonchev–Trinajstić information content (AvgIpc) is 2.38. The van der Waals surface area contributed by atoms with Crippen LogP contribution in [0.3, 0.4) is 0 Å². The molecule has 0 aliphatic rings. The minimum absolute atomic E-state index is 0.135. The van der Waals surface area contributed by atoms with E-state index in [1.165, 1.54) is 6.21 Å². The predicted molar refractivity (Wildman–Crippen MR) is 86.8 cm³/mol. The maximum absolute atomic E-state index is 12.4. The minimum atomic E-state index is -0.404. The van der Waals surface area contributed by atoms with E-state index in [1.807, 2.05) is 32.9 Å². The van der Waals surface area contributed by atoms with Crippen LogP contribution in [0.5, 0.6) is 0 Å². The fraction of sp³-hybridized carbons (Fsp3) is 0.286. The maximum Gasteiger partial charge on any atom is 0.297 e. The van der Waals surface area contributed by atoms with E-state index in [0.29, 0.717) is 16.3 Å².